The van der Waals surface area contributed by atoms with E-state index in [1.54, 1.807) is 12.1 Å². The van der Waals surface area contributed by atoms with Crippen molar-refractivity contribution < 1.29 is 9.13 Å². The Balaban J connectivity index is 1.48. The van der Waals surface area contributed by atoms with Crippen molar-refractivity contribution >= 4 is 21.6 Å². The average molecular weight is 402 g/mol. The van der Waals surface area contributed by atoms with Gasteiger partial charge in [0, 0.05) is 18.1 Å². The van der Waals surface area contributed by atoms with Gasteiger partial charge in [0.1, 0.15) is 16.3 Å². The third-order valence-corrected chi connectivity index (χ3v) is 6.37. The SMILES string of the molecule is CCOCC1CCN(Cc2nc3cc(-c4ccc(F)cc4)sc3c(=O)[nH]2)CC1. The molecule has 1 saturated heterocycles. The quantitative estimate of drug-likeness (QED) is 0.677. The number of H-pyrrole nitrogens is 1. The van der Waals surface area contributed by atoms with E-state index in [0.29, 0.717) is 28.5 Å². The summed E-state index contributed by atoms with van der Waals surface area (Å²) < 4.78 is 19.3. The molecule has 148 valence electrons. The number of aromatic amines is 1. The highest BCUT2D eigenvalue weighted by Crippen LogP contribution is 2.31. The Morgan fingerprint density at radius 2 is 2.04 bits per heavy atom. The zero-order chi connectivity index (χ0) is 19.5. The highest BCUT2D eigenvalue weighted by molar-refractivity contribution is 7.22. The summed E-state index contributed by atoms with van der Waals surface area (Å²) in [7, 11) is 0. The maximum Gasteiger partial charge on any atom is 0.268 e. The summed E-state index contributed by atoms with van der Waals surface area (Å²) in [6.07, 6.45) is 2.22. The molecule has 0 saturated carbocycles. The fourth-order valence-corrected chi connectivity index (χ4v) is 4.62. The summed E-state index contributed by atoms with van der Waals surface area (Å²) in [5.41, 5.74) is 1.49. The van der Waals surface area contributed by atoms with Gasteiger partial charge in [-0.1, -0.05) is 12.1 Å². The van der Waals surface area contributed by atoms with Crippen molar-refractivity contribution in [2.24, 2.45) is 5.92 Å². The van der Waals surface area contributed by atoms with Crippen LogP contribution in [0.15, 0.2) is 35.1 Å². The van der Waals surface area contributed by atoms with E-state index < -0.39 is 0 Å². The highest BCUT2D eigenvalue weighted by atomic mass is 32.1. The van der Waals surface area contributed by atoms with Crippen LogP contribution >= 0.6 is 11.3 Å². The van der Waals surface area contributed by atoms with E-state index in [2.05, 4.69) is 14.9 Å². The van der Waals surface area contributed by atoms with Crippen molar-refractivity contribution in [3.05, 3.63) is 52.3 Å². The molecule has 1 aliphatic rings. The third-order valence-electron chi connectivity index (χ3n) is 5.20. The van der Waals surface area contributed by atoms with E-state index in [1.165, 1.54) is 23.5 Å². The molecule has 0 radical (unpaired) electrons. The number of hydrogen-bond acceptors (Lipinski definition) is 5. The third kappa shape index (κ3) is 4.32. The van der Waals surface area contributed by atoms with Crippen LogP contribution < -0.4 is 5.56 Å². The van der Waals surface area contributed by atoms with Crippen LogP contribution in [0.25, 0.3) is 20.7 Å². The predicted octanol–water partition coefficient (Wildman–Crippen LogP) is 4.04. The van der Waals surface area contributed by atoms with Gasteiger partial charge in [-0.3, -0.25) is 9.69 Å². The van der Waals surface area contributed by atoms with Crippen molar-refractivity contribution in [2.75, 3.05) is 26.3 Å². The molecule has 1 aliphatic heterocycles. The van der Waals surface area contributed by atoms with E-state index in [1.807, 2.05) is 13.0 Å². The van der Waals surface area contributed by atoms with Crippen molar-refractivity contribution in [2.45, 2.75) is 26.3 Å². The van der Waals surface area contributed by atoms with Crippen LogP contribution in [0.5, 0.6) is 0 Å². The Labute approximate surface area is 167 Å². The van der Waals surface area contributed by atoms with Crippen molar-refractivity contribution in [1.29, 1.82) is 0 Å². The summed E-state index contributed by atoms with van der Waals surface area (Å²) in [5, 5.41) is 0. The number of halogens is 1. The molecule has 0 bridgehead atoms. The number of piperidine rings is 1. The van der Waals surface area contributed by atoms with Gasteiger partial charge in [0.15, 0.2) is 0 Å². The van der Waals surface area contributed by atoms with Crippen LogP contribution in [0.2, 0.25) is 0 Å². The Hall–Kier alpha value is -2.09. The first-order valence-corrected chi connectivity index (χ1v) is 10.5. The summed E-state index contributed by atoms with van der Waals surface area (Å²) >= 11 is 1.39. The highest BCUT2D eigenvalue weighted by Gasteiger charge is 2.20. The van der Waals surface area contributed by atoms with Crippen LogP contribution in [-0.2, 0) is 11.3 Å². The molecule has 3 heterocycles. The normalized spacial score (nSPS) is 16.1. The van der Waals surface area contributed by atoms with Gasteiger partial charge in [-0.25, -0.2) is 9.37 Å². The number of likely N-dealkylation sites (tertiary alicyclic amines) is 1. The molecule has 0 atom stereocenters. The molecule has 1 aromatic carbocycles. The number of nitrogens with one attached hydrogen (secondary N) is 1. The molecule has 2 aromatic heterocycles. The van der Waals surface area contributed by atoms with Crippen LogP contribution in [0.3, 0.4) is 0 Å². The number of aromatic nitrogens is 2. The largest absolute Gasteiger partial charge is 0.381 e. The van der Waals surface area contributed by atoms with Crippen LogP contribution in [-0.4, -0.2) is 41.2 Å². The summed E-state index contributed by atoms with van der Waals surface area (Å²) in [6, 6.07) is 8.22. The lowest BCUT2D eigenvalue weighted by Crippen LogP contribution is -2.35. The number of benzene rings is 1. The Morgan fingerprint density at radius 3 is 2.75 bits per heavy atom. The van der Waals surface area contributed by atoms with Crippen LogP contribution in [0.4, 0.5) is 4.39 Å². The second-order valence-electron chi connectivity index (χ2n) is 7.22. The second kappa shape index (κ2) is 8.51. The maximum atomic E-state index is 13.2. The fourth-order valence-electron chi connectivity index (χ4n) is 3.63. The topological polar surface area (TPSA) is 58.2 Å². The molecule has 0 spiro atoms. The molecule has 4 rings (SSSR count). The van der Waals surface area contributed by atoms with Crippen molar-refractivity contribution in [3.8, 4) is 10.4 Å². The molecule has 28 heavy (non-hydrogen) atoms. The molecular formula is C21H24FN3O2S. The van der Waals surface area contributed by atoms with Gasteiger partial charge in [0.25, 0.3) is 5.56 Å². The van der Waals surface area contributed by atoms with Gasteiger partial charge >= 0.3 is 0 Å². The van der Waals surface area contributed by atoms with E-state index in [4.69, 9.17) is 4.74 Å². The minimum Gasteiger partial charge on any atom is -0.381 e. The fraction of sp³-hybridized carbons (Fsp3) is 0.429. The zero-order valence-corrected chi connectivity index (χ0v) is 16.7. The molecule has 1 N–H and O–H groups in total. The Kier molecular flexibility index (Phi) is 5.85. The van der Waals surface area contributed by atoms with Crippen molar-refractivity contribution in [3.63, 3.8) is 0 Å². The van der Waals surface area contributed by atoms with Crippen molar-refractivity contribution in [1.82, 2.24) is 14.9 Å². The van der Waals surface area contributed by atoms with E-state index in [0.717, 1.165) is 49.6 Å². The summed E-state index contributed by atoms with van der Waals surface area (Å²) in [4.78, 5) is 23.4. The lowest BCUT2D eigenvalue weighted by Gasteiger charge is -2.31. The Bertz CT molecular complexity index is 991. The minimum absolute atomic E-state index is 0.107. The summed E-state index contributed by atoms with van der Waals surface area (Å²) in [5.74, 6) is 1.05. The lowest BCUT2D eigenvalue weighted by molar-refractivity contribution is 0.0717. The standard InChI is InChI=1S/C21H24FN3O2S/c1-2-27-13-14-7-9-25(10-8-14)12-19-23-17-11-18(28-20(17)21(26)24-19)15-3-5-16(22)6-4-15/h3-6,11,14H,2,7-10,12-13H2,1H3,(H,23,24,26). The maximum absolute atomic E-state index is 13.2. The van der Waals surface area contributed by atoms with Gasteiger partial charge < -0.3 is 9.72 Å². The first-order chi connectivity index (χ1) is 13.6. The van der Waals surface area contributed by atoms with Crippen LogP contribution in [0, 0.1) is 11.7 Å². The van der Waals surface area contributed by atoms with E-state index in [-0.39, 0.29) is 11.4 Å². The number of hydrogen-bond donors (Lipinski definition) is 1. The molecular weight excluding hydrogens is 377 g/mol. The molecule has 0 amide bonds. The summed E-state index contributed by atoms with van der Waals surface area (Å²) in [6.45, 7) is 6.26. The zero-order valence-electron chi connectivity index (χ0n) is 15.9. The average Bonchev–Trinajstić information content (AvgIpc) is 3.13. The van der Waals surface area contributed by atoms with Crippen LogP contribution in [0.1, 0.15) is 25.6 Å². The molecule has 1 fully saturated rings. The molecule has 0 aliphatic carbocycles. The van der Waals surface area contributed by atoms with Gasteiger partial charge in [-0.15, -0.1) is 11.3 Å². The Morgan fingerprint density at radius 1 is 1.29 bits per heavy atom. The smallest absolute Gasteiger partial charge is 0.268 e. The monoisotopic (exact) mass is 401 g/mol. The van der Waals surface area contributed by atoms with Gasteiger partial charge in [0.2, 0.25) is 0 Å². The van der Waals surface area contributed by atoms with E-state index in [9.17, 15) is 9.18 Å². The number of fused-ring (bicyclic) bond motifs is 1. The number of nitrogens with zero attached hydrogens (tertiary/aromatic N) is 2. The lowest BCUT2D eigenvalue weighted by atomic mass is 9.98. The van der Waals surface area contributed by atoms with Gasteiger partial charge in [0.05, 0.1) is 12.1 Å². The predicted molar refractivity (Wildman–Crippen MR) is 110 cm³/mol. The second-order valence-corrected chi connectivity index (χ2v) is 8.28. The van der Waals surface area contributed by atoms with Gasteiger partial charge in [-0.2, -0.15) is 0 Å². The number of rotatable bonds is 6. The van der Waals surface area contributed by atoms with E-state index >= 15 is 0 Å². The first kappa shape index (κ1) is 19.2. The molecule has 0 unspecified atom stereocenters. The van der Waals surface area contributed by atoms with Gasteiger partial charge in [-0.05, 0) is 62.5 Å². The minimum atomic E-state index is -0.270. The number of thiophene rings is 1. The molecule has 3 aromatic rings. The number of ether oxygens (including phenoxy) is 1. The molecule has 7 heteroatoms. The molecule has 5 nitrogen and oxygen atoms in total. The first-order valence-electron chi connectivity index (χ1n) is 9.71.